The van der Waals surface area contributed by atoms with Gasteiger partial charge in [-0.1, -0.05) is 12.1 Å². The molecule has 0 aliphatic carbocycles. The summed E-state index contributed by atoms with van der Waals surface area (Å²) in [5.74, 6) is -0.470. The van der Waals surface area contributed by atoms with Crippen molar-refractivity contribution in [2.24, 2.45) is 0 Å². The number of halogens is 1. The monoisotopic (exact) mass is 410 g/mol. The summed E-state index contributed by atoms with van der Waals surface area (Å²) < 4.78 is 20.8. The summed E-state index contributed by atoms with van der Waals surface area (Å²) in [6, 6.07) is 11.8. The van der Waals surface area contributed by atoms with Crippen LogP contribution in [0.25, 0.3) is 5.69 Å². The zero-order chi connectivity index (χ0) is 20.9. The van der Waals surface area contributed by atoms with Gasteiger partial charge in [-0.2, -0.15) is 0 Å². The number of nitrogens with zero attached hydrogens (tertiary/aromatic N) is 5. The largest absolute Gasteiger partial charge is 0.379 e. The maximum absolute atomic E-state index is 13.8. The van der Waals surface area contributed by atoms with E-state index < -0.39 is 0 Å². The van der Waals surface area contributed by atoms with Gasteiger partial charge in [-0.05, 0) is 58.8 Å². The van der Waals surface area contributed by atoms with Crippen LogP contribution in [0.1, 0.15) is 27.5 Å². The second kappa shape index (κ2) is 9.10. The van der Waals surface area contributed by atoms with E-state index in [0.29, 0.717) is 25.3 Å². The summed E-state index contributed by atoms with van der Waals surface area (Å²) in [6.45, 7) is 4.98. The molecule has 0 bridgehead atoms. The highest BCUT2D eigenvalue weighted by molar-refractivity contribution is 5.94. The zero-order valence-electron chi connectivity index (χ0n) is 16.7. The van der Waals surface area contributed by atoms with Gasteiger partial charge >= 0.3 is 0 Å². The number of hydrogen-bond donors (Lipinski definition) is 1. The Morgan fingerprint density at radius 2 is 2.07 bits per heavy atom. The number of carbonyl (C=O) groups excluding carboxylic acids is 1. The van der Waals surface area contributed by atoms with Crippen LogP contribution < -0.4 is 5.32 Å². The Kier molecular flexibility index (Phi) is 6.10. The highest BCUT2D eigenvalue weighted by Gasteiger charge is 2.24. The van der Waals surface area contributed by atoms with Gasteiger partial charge in [0.15, 0.2) is 0 Å². The van der Waals surface area contributed by atoms with Crippen LogP contribution in [-0.4, -0.2) is 63.9 Å². The predicted molar refractivity (Wildman–Crippen MR) is 108 cm³/mol. The SMILES string of the molecule is Cc1cc(C(=O)NCC(c2cccc(F)c2)N2CCOCC2)ccc1-n1cnnn1. The van der Waals surface area contributed by atoms with Gasteiger partial charge in [0, 0.05) is 25.2 Å². The van der Waals surface area contributed by atoms with Crippen molar-refractivity contribution in [1.29, 1.82) is 0 Å². The van der Waals surface area contributed by atoms with Crippen LogP contribution in [0.4, 0.5) is 4.39 Å². The van der Waals surface area contributed by atoms with E-state index >= 15 is 0 Å². The van der Waals surface area contributed by atoms with Crippen LogP contribution in [0.15, 0.2) is 48.8 Å². The number of tetrazole rings is 1. The highest BCUT2D eigenvalue weighted by atomic mass is 19.1. The van der Waals surface area contributed by atoms with Gasteiger partial charge in [0.2, 0.25) is 0 Å². The van der Waals surface area contributed by atoms with Crippen molar-refractivity contribution >= 4 is 5.91 Å². The number of morpholine rings is 1. The van der Waals surface area contributed by atoms with Crippen molar-refractivity contribution in [2.75, 3.05) is 32.8 Å². The molecule has 1 aliphatic rings. The highest BCUT2D eigenvalue weighted by Crippen LogP contribution is 2.22. The molecule has 0 spiro atoms. The first-order chi connectivity index (χ1) is 14.6. The van der Waals surface area contributed by atoms with E-state index in [1.165, 1.54) is 18.5 Å². The molecule has 30 heavy (non-hydrogen) atoms. The zero-order valence-corrected chi connectivity index (χ0v) is 16.7. The molecule has 1 atom stereocenters. The lowest BCUT2D eigenvalue weighted by molar-refractivity contribution is 0.0162. The lowest BCUT2D eigenvalue weighted by Crippen LogP contribution is -2.43. The number of aromatic nitrogens is 4. The molecular formula is C21H23FN6O2. The Balaban J connectivity index is 1.49. The van der Waals surface area contributed by atoms with Crippen LogP contribution >= 0.6 is 0 Å². The quantitative estimate of drug-likeness (QED) is 0.668. The average Bonchev–Trinajstić information content (AvgIpc) is 3.29. The summed E-state index contributed by atoms with van der Waals surface area (Å²) in [6.07, 6.45) is 1.51. The first-order valence-corrected chi connectivity index (χ1v) is 9.81. The second-order valence-corrected chi connectivity index (χ2v) is 7.18. The maximum Gasteiger partial charge on any atom is 0.251 e. The third-order valence-corrected chi connectivity index (χ3v) is 5.23. The van der Waals surface area contributed by atoms with Crippen molar-refractivity contribution in [1.82, 2.24) is 30.4 Å². The van der Waals surface area contributed by atoms with E-state index in [1.807, 2.05) is 19.1 Å². The molecule has 4 rings (SSSR count). The number of nitrogens with one attached hydrogen (secondary N) is 1. The minimum atomic E-state index is -0.286. The first-order valence-electron chi connectivity index (χ1n) is 9.81. The Labute approximate surface area is 173 Å². The fourth-order valence-electron chi connectivity index (χ4n) is 3.68. The summed E-state index contributed by atoms with van der Waals surface area (Å²) in [7, 11) is 0. The molecule has 3 aromatic rings. The number of hydrogen-bond acceptors (Lipinski definition) is 6. The molecule has 1 aromatic heterocycles. The van der Waals surface area contributed by atoms with Crippen molar-refractivity contribution in [3.63, 3.8) is 0 Å². The summed E-state index contributed by atoms with van der Waals surface area (Å²) in [5.41, 5.74) is 3.07. The van der Waals surface area contributed by atoms with Gasteiger partial charge in [-0.25, -0.2) is 9.07 Å². The van der Waals surface area contributed by atoms with E-state index in [1.54, 1.807) is 22.9 Å². The Morgan fingerprint density at radius 3 is 2.77 bits per heavy atom. The fourth-order valence-corrected chi connectivity index (χ4v) is 3.68. The molecule has 9 heteroatoms. The normalized spacial score (nSPS) is 15.7. The predicted octanol–water partition coefficient (Wildman–Crippen LogP) is 1.91. The van der Waals surface area contributed by atoms with E-state index in [-0.39, 0.29) is 17.8 Å². The number of rotatable bonds is 6. The van der Waals surface area contributed by atoms with E-state index in [2.05, 4.69) is 25.7 Å². The minimum Gasteiger partial charge on any atom is -0.379 e. The summed E-state index contributed by atoms with van der Waals surface area (Å²) in [5, 5.41) is 14.2. The van der Waals surface area contributed by atoms with Crippen molar-refractivity contribution in [3.8, 4) is 5.69 Å². The molecule has 2 aromatic carbocycles. The molecule has 1 N–H and O–H groups in total. The van der Waals surface area contributed by atoms with E-state index in [0.717, 1.165) is 29.9 Å². The number of benzene rings is 2. The van der Waals surface area contributed by atoms with Crippen LogP contribution in [0.3, 0.4) is 0 Å². The molecule has 1 saturated heterocycles. The Hall–Kier alpha value is -3.17. The maximum atomic E-state index is 13.8. The number of amides is 1. The van der Waals surface area contributed by atoms with Crippen LogP contribution in [0, 0.1) is 12.7 Å². The summed E-state index contributed by atoms with van der Waals surface area (Å²) in [4.78, 5) is 15.0. The Morgan fingerprint density at radius 1 is 1.23 bits per heavy atom. The van der Waals surface area contributed by atoms with Crippen LogP contribution in [0.2, 0.25) is 0 Å². The lowest BCUT2D eigenvalue weighted by Gasteiger charge is -2.35. The molecule has 1 amide bonds. The van der Waals surface area contributed by atoms with Gasteiger partial charge in [-0.15, -0.1) is 5.10 Å². The van der Waals surface area contributed by atoms with Crippen molar-refractivity contribution in [2.45, 2.75) is 13.0 Å². The van der Waals surface area contributed by atoms with E-state index in [9.17, 15) is 9.18 Å². The van der Waals surface area contributed by atoms with Gasteiger partial charge in [-0.3, -0.25) is 9.69 Å². The average molecular weight is 410 g/mol. The lowest BCUT2D eigenvalue weighted by atomic mass is 10.0. The second-order valence-electron chi connectivity index (χ2n) is 7.18. The van der Waals surface area contributed by atoms with Gasteiger partial charge in [0.05, 0.1) is 24.9 Å². The van der Waals surface area contributed by atoms with Crippen LogP contribution in [-0.2, 0) is 4.74 Å². The van der Waals surface area contributed by atoms with Gasteiger partial charge in [0.1, 0.15) is 12.1 Å². The number of ether oxygens (including phenoxy) is 1. The molecule has 0 saturated carbocycles. The topological polar surface area (TPSA) is 85.2 Å². The molecule has 0 radical (unpaired) electrons. The van der Waals surface area contributed by atoms with Crippen molar-refractivity contribution in [3.05, 3.63) is 71.3 Å². The first kappa shape index (κ1) is 20.1. The van der Waals surface area contributed by atoms with Gasteiger partial charge in [0.25, 0.3) is 5.91 Å². The molecule has 2 heterocycles. The molecule has 1 aliphatic heterocycles. The molecule has 1 fully saturated rings. The van der Waals surface area contributed by atoms with Crippen LogP contribution in [0.5, 0.6) is 0 Å². The molecular weight excluding hydrogens is 387 g/mol. The number of carbonyl (C=O) groups is 1. The third kappa shape index (κ3) is 4.52. The third-order valence-electron chi connectivity index (χ3n) is 5.23. The standard InChI is InChI=1S/C21H23FN6O2/c1-15-11-17(5-6-19(15)28-14-24-25-26-28)21(29)23-13-20(27-7-9-30-10-8-27)16-3-2-4-18(22)12-16/h2-6,11-12,14,20H,7-10,13H2,1H3,(H,23,29). The minimum absolute atomic E-state index is 0.129. The number of aryl methyl sites for hydroxylation is 1. The molecule has 8 nitrogen and oxygen atoms in total. The van der Waals surface area contributed by atoms with E-state index in [4.69, 9.17) is 4.74 Å². The summed E-state index contributed by atoms with van der Waals surface area (Å²) >= 11 is 0. The van der Waals surface area contributed by atoms with Crippen molar-refractivity contribution < 1.29 is 13.9 Å². The smallest absolute Gasteiger partial charge is 0.251 e. The fraction of sp³-hybridized carbons (Fsp3) is 0.333. The molecule has 1 unspecified atom stereocenters. The Bertz CT molecular complexity index is 1000. The van der Waals surface area contributed by atoms with Gasteiger partial charge < -0.3 is 10.1 Å². The molecule has 156 valence electrons.